The van der Waals surface area contributed by atoms with E-state index in [4.69, 9.17) is 5.73 Å². The molecule has 1 saturated carbocycles. The number of amides is 1. The highest BCUT2D eigenvalue weighted by molar-refractivity contribution is 5.97. The van der Waals surface area contributed by atoms with Crippen LogP contribution >= 0.6 is 0 Å². The number of carbonyl (C=O) groups is 1. The minimum absolute atomic E-state index is 0.0592. The number of H-pyrrole nitrogens is 1. The fraction of sp³-hybridized carbons (Fsp3) is 0.714. The molecule has 1 fully saturated rings. The Bertz CT molecular complexity index is 467. The zero-order valence-corrected chi connectivity index (χ0v) is 12.2. The average molecular weight is 280 g/mol. The number of hydrogen-bond donors (Lipinski definition) is 4. The maximum atomic E-state index is 12.2. The second kappa shape index (κ2) is 5.83. The Balaban J connectivity index is 2.01. The third-order valence-electron chi connectivity index (χ3n) is 4.49. The van der Waals surface area contributed by atoms with E-state index < -0.39 is 0 Å². The van der Waals surface area contributed by atoms with Crippen LogP contribution in [-0.4, -0.2) is 34.4 Å². The predicted octanol–water partition coefficient (Wildman–Crippen LogP) is 1.40. The lowest BCUT2D eigenvalue weighted by atomic mass is 9.83. The third-order valence-corrected chi connectivity index (χ3v) is 4.49. The van der Waals surface area contributed by atoms with Crippen LogP contribution in [0.4, 0.5) is 5.69 Å². The van der Waals surface area contributed by atoms with Gasteiger partial charge in [0.2, 0.25) is 0 Å². The maximum Gasteiger partial charge on any atom is 0.273 e. The summed E-state index contributed by atoms with van der Waals surface area (Å²) in [6.45, 7) is 4.52. The number of nitrogens with zero attached hydrogens (tertiary/aromatic N) is 1. The van der Waals surface area contributed by atoms with Gasteiger partial charge in [0, 0.05) is 17.9 Å². The Morgan fingerprint density at radius 1 is 1.50 bits per heavy atom. The van der Waals surface area contributed by atoms with Crippen LogP contribution in [-0.2, 0) is 0 Å². The average Bonchev–Trinajstić information content (AvgIpc) is 3.24. The lowest BCUT2D eigenvalue weighted by Crippen LogP contribution is -2.39. The second-order valence-corrected chi connectivity index (χ2v) is 5.72. The molecule has 1 aliphatic rings. The smallest absolute Gasteiger partial charge is 0.273 e. The van der Waals surface area contributed by atoms with Crippen molar-refractivity contribution in [2.45, 2.75) is 45.4 Å². The molecule has 1 aromatic heterocycles. The Morgan fingerprint density at radius 2 is 2.15 bits per heavy atom. The summed E-state index contributed by atoms with van der Waals surface area (Å²) >= 11 is 0. The van der Waals surface area contributed by atoms with Crippen LogP contribution in [0.5, 0.6) is 0 Å². The molecule has 5 N–H and O–H groups in total. The van der Waals surface area contributed by atoms with Crippen molar-refractivity contribution >= 4 is 11.6 Å². The monoisotopic (exact) mass is 280 g/mol. The molecule has 0 spiro atoms. The summed E-state index contributed by atoms with van der Waals surface area (Å²) in [5.41, 5.74) is 7.33. The van der Waals surface area contributed by atoms with Gasteiger partial charge in [-0.3, -0.25) is 9.89 Å². The van der Waals surface area contributed by atoms with E-state index >= 15 is 0 Å². The molecule has 6 nitrogen and oxygen atoms in total. The van der Waals surface area contributed by atoms with Crippen LogP contribution in [0.3, 0.4) is 0 Å². The Hall–Kier alpha value is -1.56. The van der Waals surface area contributed by atoms with Crippen molar-refractivity contribution in [3.05, 3.63) is 11.4 Å². The maximum absolute atomic E-state index is 12.2. The summed E-state index contributed by atoms with van der Waals surface area (Å²) in [6.07, 6.45) is 3.83. The van der Waals surface area contributed by atoms with E-state index in [1.165, 1.54) is 0 Å². The second-order valence-electron chi connectivity index (χ2n) is 5.72. The molecule has 0 saturated heterocycles. The van der Waals surface area contributed by atoms with Gasteiger partial charge in [-0.25, -0.2) is 0 Å². The summed E-state index contributed by atoms with van der Waals surface area (Å²) in [7, 11) is 0. The predicted molar refractivity (Wildman–Crippen MR) is 77.4 cm³/mol. The van der Waals surface area contributed by atoms with E-state index in [1.807, 2.05) is 13.8 Å². The van der Waals surface area contributed by atoms with Crippen LogP contribution in [0.1, 0.15) is 61.6 Å². The molecule has 0 bridgehead atoms. The van der Waals surface area contributed by atoms with E-state index in [9.17, 15) is 9.90 Å². The topological polar surface area (TPSA) is 104 Å². The van der Waals surface area contributed by atoms with Gasteiger partial charge in [0.25, 0.3) is 5.91 Å². The van der Waals surface area contributed by atoms with Crippen molar-refractivity contribution < 1.29 is 9.90 Å². The number of nitrogen functional groups attached to an aromatic ring is 1. The Labute approximate surface area is 119 Å². The number of aromatic nitrogens is 2. The molecule has 6 heteroatoms. The third kappa shape index (κ3) is 2.80. The van der Waals surface area contributed by atoms with Crippen LogP contribution in [0.2, 0.25) is 0 Å². The number of carbonyl (C=O) groups excluding carboxylic acids is 1. The molecule has 0 aliphatic heterocycles. The number of rotatable bonds is 7. The molecule has 20 heavy (non-hydrogen) atoms. The SMILES string of the molecule is CCC(CC)(CO)CNC(=O)c1n[nH]c(C2CC2)c1N. The highest BCUT2D eigenvalue weighted by Gasteiger charge is 2.31. The molecular weight excluding hydrogens is 256 g/mol. The number of aromatic amines is 1. The first-order valence-electron chi connectivity index (χ1n) is 7.29. The fourth-order valence-electron chi connectivity index (χ4n) is 2.35. The first kappa shape index (κ1) is 14.8. The molecule has 1 aromatic rings. The first-order valence-corrected chi connectivity index (χ1v) is 7.29. The van der Waals surface area contributed by atoms with Gasteiger partial charge in [0.1, 0.15) is 0 Å². The van der Waals surface area contributed by atoms with Gasteiger partial charge in [0.15, 0.2) is 5.69 Å². The summed E-state index contributed by atoms with van der Waals surface area (Å²) in [5, 5.41) is 19.2. The Kier molecular flexibility index (Phi) is 4.32. The van der Waals surface area contributed by atoms with Crippen molar-refractivity contribution in [2.75, 3.05) is 18.9 Å². The molecule has 1 aliphatic carbocycles. The molecular formula is C14H24N4O2. The normalized spacial score (nSPS) is 15.3. The van der Waals surface area contributed by atoms with Gasteiger partial charge >= 0.3 is 0 Å². The number of aliphatic hydroxyl groups is 1. The molecule has 0 unspecified atom stereocenters. The van der Waals surface area contributed by atoms with E-state index in [2.05, 4.69) is 15.5 Å². The van der Waals surface area contributed by atoms with Crippen LogP contribution in [0.15, 0.2) is 0 Å². The van der Waals surface area contributed by atoms with Gasteiger partial charge in [-0.05, 0) is 25.7 Å². The van der Waals surface area contributed by atoms with Crippen molar-refractivity contribution in [3.63, 3.8) is 0 Å². The Morgan fingerprint density at radius 3 is 2.65 bits per heavy atom. The molecule has 0 aromatic carbocycles. The van der Waals surface area contributed by atoms with Gasteiger partial charge in [0.05, 0.1) is 18.0 Å². The van der Waals surface area contributed by atoms with Crippen LogP contribution < -0.4 is 11.1 Å². The quantitative estimate of drug-likeness (QED) is 0.606. The molecule has 0 atom stereocenters. The van der Waals surface area contributed by atoms with E-state index in [0.717, 1.165) is 31.4 Å². The fourth-order valence-corrected chi connectivity index (χ4v) is 2.35. The number of hydrogen-bond acceptors (Lipinski definition) is 4. The van der Waals surface area contributed by atoms with E-state index in [-0.39, 0.29) is 23.6 Å². The molecule has 112 valence electrons. The van der Waals surface area contributed by atoms with Crippen molar-refractivity contribution in [1.82, 2.24) is 15.5 Å². The van der Waals surface area contributed by atoms with Gasteiger partial charge in [-0.1, -0.05) is 13.8 Å². The van der Waals surface area contributed by atoms with Gasteiger partial charge in [-0.15, -0.1) is 0 Å². The summed E-state index contributed by atoms with van der Waals surface area (Å²) in [6, 6.07) is 0. The number of anilines is 1. The first-order chi connectivity index (χ1) is 9.56. The zero-order valence-electron chi connectivity index (χ0n) is 12.2. The minimum atomic E-state index is -0.273. The summed E-state index contributed by atoms with van der Waals surface area (Å²) in [5.74, 6) is 0.164. The van der Waals surface area contributed by atoms with Crippen LogP contribution in [0, 0.1) is 5.41 Å². The summed E-state index contributed by atoms with van der Waals surface area (Å²) < 4.78 is 0. The zero-order chi connectivity index (χ0) is 14.8. The lowest BCUT2D eigenvalue weighted by Gasteiger charge is -2.29. The molecule has 2 rings (SSSR count). The standard InChI is InChI=1S/C14H24N4O2/c1-3-14(4-2,8-19)7-16-13(20)12-10(15)11(17-18-12)9-5-6-9/h9,19H,3-8,15H2,1-2H3,(H,16,20)(H,17,18). The lowest BCUT2D eigenvalue weighted by molar-refractivity contribution is 0.0847. The van der Waals surface area contributed by atoms with Gasteiger partial charge < -0.3 is 16.2 Å². The minimum Gasteiger partial charge on any atom is -0.396 e. The molecule has 1 heterocycles. The van der Waals surface area contributed by atoms with Crippen molar-refractivity contribution in [3.8, 4) is 0 Å². The van der Waals surface area contributed by atoms with Crippen LogP contribution in [0.25, 0.3) is 0 Å². The van der Waals surface area contributed by atoms with Crippen molar-refractivity contribution in [2.24, 2.45) is 5.41 Å². The largest absolute Gasteiger partial charge is 0.396 e. The van der Waals surface area contributed by atoms with Gasteiger partial charge in [-0.2, -0.15) is 5.10 Å². The number of nitrogens with two attached hydrogens (primary N) is 1. The number of nitrogens with one attached hydrogen (secondary N) is 2. The summed E-state index contributed by atoms with van der Waals surface area (Å²) in [4.78, 5) is 12.2. The molecule has 1 amide bonds. The van der Waals surface area contributed by atoms with E-state index in [0.29, 0.717) is 18.2 Å². The highest BCUT2D eigenvalue weighted by atomic mass is 16.3. The number of aliphatic hydroxyl groups excluding tert-OH is 1. The van der Waals surface area contributed by atoms with E-state index in [1.54, 1.807) is 0 Å². The molecule has 0 radical (unpaired) electrons. The highest BCUT2D eigenvalue weighted by Crippen LogP contribution is 2.42. The van der Waals surface area contributed by atoms with Crippen molar-refractivity contribution in [1.29, 1.82) is 0 Å².